The lowest BCUT2D eigenvalue weighted by Gasteiger charge is -2.13. The Balaban J connectivity index is 2.69. The average Bonchev–Trinajstić information content (AvgIpc) is 2.04. The monoisotopic (exact) mass is 186 g/mol. The summed E-state index contributed by atoms with van der Waals surface area (Å²) in [5.74, 6) is 5.43. The molecule has 0 saturated carbocycles. The molecule has 1 rings (SSSR count). The van der Waals surface area contributed by atoms with Crippen LogP contribution in [-0.4, -0.2) is 6.18 Å². The average molecular weight is 186 g/mol. The van der Waals surface area contributed by atoms with Crippen LogP contribution in [0, 0.1) is 17.8 Å². The maximum absolute atomic E-state index is 12.1. The van der Waals surface area contributed by atoms with Crippen LogP contribution in [0.4, 0.5) is 13.2 Å². The Labute approximate surface area is 75.1 Å². The predicted molar refractivity (Wildman–Crippen MR) is 44.8 cm³/mol. The molecule has 1 aliphatic carbocycles. The van der Waals surface area contributed by atoms with Crippen molar-refractivity contribution in [2.45, 2.75) is 19.5 Å². The first-order chi connectivity index (χ1) is 6.04. The molecule has 0 aliphatic heterocycles. The van der Waals surface area contributed by atoms with E-state index in [9.17, 15) is 13.2 Å². The van der Waals surface area contributed by atoms with E-state index in [4.69, 9.17) is 0 Å². The van der Waals surface area contributed by atoms with Gasteiger partial charge in [-0.15, -0.1) is 5.92 Å². The topological polar surface area (TPSA) is 0 Å². The number of allylic oxidation sites excluding steroid dienone is 4. The summed E-state index contributed by atoms with van der Waals surface area (Å²) in [5.41, 5.74) is -0.568. The first-order valence-electron chi connectivity index (χ1n) is 3.92. The van der Waals surface area contributed by atoms with Crippen molar-refractivity contribution in [1.29, 1.82) is 0 Å². The molecule has 0 amide bonds. The van der Waals surface area contributed by atoms with Crippen LogP contribution in [0.1, 0.15) is 13.3 Å². The molecular weight excluding hydrogens is 177 g/mol. The van der Waals surface area contributed by atoms with Crippen LogP contribution < -0.4 is 0 Å². The molecule has 70 valence electrons. The number of halogens is 3. The molecule has 0 aromatic heterocycles. The molecular formula is C10H9F3. The van der Waals surface area contributed by atoms with Crippen LogP contribution in [0.25, 0.3) is 0 Å². The molecule has 0 aromatic rings. The minimum Gasteiger partial charge on any atom is -0.166 e. The minimum atomic E-state index is -4.22. The van der Waals surface area contributed by atoms with Crippen molar-refractivity contribution in [3.05, 3.63) is 23.8 Å². The van der Waals surface area contributed by atoms with E-state index < -0.39 is 11.7 Å². The van der Waals surface area contributed by atoms with Crippen molar-refractivity contribution >= 4 is 0 Å². The number of hydrogen-bond acceptors (Lipinski definition) is 0. The Hall–Kier alpha value is -1.17. The second-order valence-corrected chi connectivity index (χ2v) is 2.75. The normalized spacial score (nSPS) is 21.8. The fourth-order valence-corrected chi connectivity index (χ4v) is 1.12. The lowest BCUT2D eigenvalue weighted by atomic mass is 9.97. The highest BCUT2D eigenvalue weighted by molar-refractivity contribution is 5.30. The summed E-state index contributed by atoms with van der Waals surface area (Å²) in [6.07, 6.45) is -0.0832. The highest BCUT2D eigenvalue weighted by Gasteiger charge is 2.32. The van der Waals surface area contributed by atoms with Crippen LogP contribution in [0.3, 0.4) is 0 Å². The van der Waals surface area contributed by atoms with E-state index >= 15 is 0 Å². The summed E-state index contributed by atoms with van der Waals surface area (Å²) in [5, 5.41) is 0. The molecule has 3 heteroatoms. The maximum atomic E-state index is 12.1. The van der Waals surface area contributed by atoms with Gasteiger partial charge < -0.3 is 0 Å². The molecule has 13 heavy (non-hydrogen) atoms. The van der Waals surface area contributed by atoms with Gasteiger partial charge in [0.2, 0.25) is 0 Å². The Kier molecular flexibility index (Phi) is 2.82. The Bertz CT molecular complexity index is 296. The summed E-state index contributed by atoms with van der Waals surface area (Å²) in [6, 6.07) is 0. The van der Waals surface area contributed by atoms with Gasteiger partial charge in [0, 0.05) is 5.92 Å². The van der Waals surface area contributed by atoms with Crippen LogP contribution in [-0.2, 0) is 0 Å². The first-order valence-corrected chi connectivity index (χ1v) is 3.92. The van der Waals surface area contributed by atoms with Crippen LogP contribution >= 0.6 is 0 Å². The van der Waals surface area contributed by atoms with Gasteiger partial charge in [0.15, 0.2) is 0 Å². The summed E-state index contributed by atoms with van der Waals surface area (Å²) < 4.78 is 36.3. The van der Waals surface area contributed by atoms with Crippen molar-refractivity contribution in [2.75, 3.05) is 0 Å². The second-order valence-electron chi connectivity index (χ2n) is 2.75. The number of hydrogen-bond donors (Lipinski definition) is 0. The molecule has 0 radical (unpaired) electrons. The summed E-state index contributed by atoms with van der Waals surface area (Å²) in [7, 11) is 0. The minimum absolute atomic E-state index is 0.0592. The van der Waals surface area contributed by atoms with E-state index in [1.54, 1.807) is 6.92 Å². The standard InChI is InChI=1S/C10H9F3/c1-2-3-8-4-6-9(7-5-8)10(11,12)13/h4,6-8H,5H2,1H3. The van der Waals surface area contributed by atoms with Gasteiger partial charge in [0.25, 0.3) is 0 Å². The molecule has 0 nitrogen and oxygen atoms in total. The first kappa shape index (κ1) is 9.91. The van der Waals surface area contributed by atoms with Crippen molar-refractivity contribution in [1.82, 2.24) is 0 Å². The highest BCUT2D eigenvalue weighted by atomic mass is 19.4. The van der Waals surface area contributed by atoms with E-state index in [0.29, 0.717) is 6.42 Å². The number of rotatable bonds is 0. The molecule has 0 fully saturated rings. The molecule has 1 atom stereocenters. The third kappa shape index (κ3) is 2.66. The summed E-state index contributed by atoms with van der Waals surface area (Å²) in [4.78, 5) is 0. The zero-order valence-electron chi connectivity index (χ0n) is 7.15. The molecule has 0 bridgehead atoms. The fraction of sp³-hybridized carbons (Fsp3) is 0.400. The third-order valence-corrected chi connectivity index (χ3v) is 1.76. The van der Waals surface area contributed by atoms with Crippen LogP contribution in [0.5, 0.6) is 0 Å². The van der Waals surface area contributed by atoms with Gasteiger partial charge in [-0.25, -0.2) is 0 Å². The Morgan fingerprint density at radius 1 is 1.46 bits per heavy atom. The lowest BCUT2D eigenvalue weighted by Crippen LogP contribution is -2.12. The SMILES string of the molecule is CC#CC1C=CC(C(F)(F)F)=CC1. The van der Waals surface area contributed by atoms with Gasteiger partial charge in [0.1, 0.15) is 0 Å². The van der Waals surface area contributed by atoms with Crippen molar-refractivity contribution in [3.63, 3.8) is 0 Å². The summed E-state index contributed by atoms with van der Waals surface area (Å²) >= 11 is 0. The lowest BCUT2D eigenvalue weighted by molar-refractivity contribution is -0.0886. The molecule has 0 aromatic carbocycles. The zero-order valence-corrected chi connectivity index (χ0v) is 7.15. The van der Waals surface area contributed by atoms with Crippen molar-refractivity contribution in [2.24, 2.45) is 5.92 Å². The Morgan fingerprint density at radius 3 is 2.54 bits per heavy atom. The zero-order chi connectivity index (χ0) is 9.90. The van der Waals surface area contributed by atoms with Gasteiger partial charge >= 0.3 is 6.18 Å². The summed E-state index contributed by atoms with van der Waals surface area (Å²) in [6.45, 7) is 1.68. The van der Waals surface area contributed by atoms with Gasteiger partial charge in [-0.1, -0.05) is 24.1 Å². The van der Waals surface area contributed by atoms with Crippen molar-refractivity contribution < 1.29 is 13.2 Å². The van der Waals surface area contributed by atoms with Gasteiger partial charge in [-0.05, 0) is 13.3 Å². The molecule has 0 heterocycles. The van der Waals surface area contributed by atoms with E-state index in [1.165, 1.54) is 12.2 Å². The smallest absolute Gasteiger partial charge is 0.166 e. The third-order valence-electron chi connectivity index (χ3n) is 1.76. The predicted octanol–water partition coefficient (Wildman–Crippen LogP) is 3.07. The van der Waals surface area contributed by atoms with Crippen LogP contribution in [0.15, 0.2) is 23.8 Å². The Morgan fingerprint density at radius 2 is 2.15 bits per heavy atom. The van der Waals surface area contributed by atoms with Crippen molar-refractivity contribution in [3.8, 4) is 11.8 Å². The molecule has 0 N–H and O–H groups in total. The maximum Gasteiger partial charge on any atom is 0.416 e. The largest absolute Gasteiger partial charge is 0.416 e. The van der Waals surface area contributed by atoms with E-state index in [2.05, 4.69) is 11.8 Å². The quantitative estimate of drug-likeness (QED) is 0.510. The second kappa shape index (κ2) is 3.69. The molecule has 1 aliphatic rings. The van der Waals surface area contributed by atoms with Gasteiger partial charge in [0.05, 0.1) is 5.57 Å². The van der Waals surface area contributed by atoms with E-state index in [0.717, 1.165) is 6.08 Å². The van der Waals surface area contributed by atoms with E-state index in [1.807, 2.05) is 0 Å². The fourth-order valence-electron chi connectivity index (χ4n) is 1.12. The molecule has 0 spiro atoms. The molecule has 1 unspecified atom stereocenters. The van der Waals surface area contributed by atoms with Gasteiger partial charge in [-0.3, -0.25) is 0 Å². The van der Waals surface area contributed by atoms with Gasteiger partial charge in [-0.2, -0.15) is 13.2 Å². The van der Waals surface area contributed by atoms with E-state index in [-0.39, 0.29) is 5.92 Å². The highest BCUT2D eigenvalue weighted by Crippen LogP contribution is 2.30. The molecule has 0 saturated heterocycles. The number of alkyl halides is 3. The van der Waals surface area contributed by atoms with Crippen LogP contribution in [0.2, 0.25) is 0 Å².